The fraction of sp³-hybridized carbons (Fsp3) is 0.545. The molecule has 0 spiro atoms. The lowest BCUT2D eigenvalue weighted by molar-refractivity contribution is 0.451. The molecule has 1 aromatic heterocycles. The first-order chi connectivity index (χ1) is 7.70. The summed E-state index contributed by atoms with van der Waals surface area (Å²) in [5.74, 6) is 0.968. The van der Waals surface area contributed by atoms with E-state index in [1.54, 1.807) is 24.3 Å². The van der Waals surface area contributed by atoms with E-state index in [0.717, 1.165) is 23.6 Å². The monoisotopic (exact) mass is 236 g/mol. The van der Waals surface area contributed by atoms with Gasteiger partial charge in [-0.1, -0.05) is 0 Å². The largest absolute Gasteiger partial charge is 0.303 e. The SMILES string of the molecule is CNC(C)(C#N)CCCSc1ccncn1. The van der Waals surface area contributed by atoms with E-state index in [1.807, 2.05) is 20.0 Å². The number of hydrogen-bond donors (Lipinski definition) is 1. The third kappa shape index (κ3) is 4.17. The minimum absolute atomic E-state index is 0.410. The van der Waals surface area contributed by atoms with Crippen LogP contribution in [0.4, 0.5) is 0 Å². The van der Waals surface area contributed by atoms with Crippen LogP contribution in [0.3, 0.4) is 0 Å². The van der Waals surface area contributed by atoms with Gasteiger partial charge in [-0.25, -0.2) is 9.97 Å². The minimum atomic E-state index is -0.410. The molecule has 1 N–H and O–H groups in total. The molecule has 1 unspecified atom stereocenters. The molecule has 0 aliphatic heterocycles. The van der Waals surface area contributed by atoms with Crippen LogP contribution in [0.15, 0.2) is 23.6 Å². The van der Waals surface area contributed by atoms with E-state index >= 15 is 0 Å². The molecule has 1 rings (SSSR count). The number of thioether (sulfide) groups is 1. The predicted octanol–water partition coefficient (Wildman–Crippen LogP) is 1.85. The number of nitrogens with zero attached hydrogens (tertiary/aromatic N) is 3. The Bertz CT molecular complexity index is 349. The highest BCUT2D eigenvalue weighted by Gasteiger charge is 2.19. The van der Waals surface area contributed by atoms with Crippen molar-refractivity contribution >= 4 is 11.8 Å². The lowest BCUT2D eigenvalue weighted by atomic mass is 9.99. The van der Waals surface area contributed by atoms with Gasteiger partial charge in [0.25, 0.3) is 0 Å². The summed E-state index contributed by atoms with van der Waals surface area (Å²) in [4.78, 5) is 7.99. The second-order valence-corrected chi connectivity index (χ2v) is 4.81. The molecule has 0 bridgehead atoms. The zero-order valence-corrected chi connectivity index (χ0v) is 10.4. The van der Waals surface area contributed by atoms with Crippen molar-refractivity contribution < 1.29 is 0 Å². The Morgan fingerprint density at radius 3 is 3.00 bits per heavy atom. The van der Waals surface area contributed by atoms with E-state index < -0.39 is 5.54 Å². The Hall–Kier alpha value is -1.12. The summed E-state index contributed by atoms with van der Waals surface area (Å²) >= 11 is 1.69. The molecule has 0 aliphatic carbocycles. The van der Waals surface area contributed by atoms with E-state index in [4.69, 9.17) is 5.26 Å². The molecule has 0 amide bonds. The van der Waals surface area contributed by atoms with Crippen molar-refractivity contribution in [2.45, 2.75) is 30.3 Å². The maximum absolute atomic E-state index is 8.96. The Morgan fingerprint density at radius 2 is 2.44 bits per heavy atom. The standard InChI is InChI=1S/C11H16N4S/c1-11(8-12,13-2)5-3-7-16-10-4-6-14-9-15-10/h4,6,9,13H,3,5,7H2,1-2H3. The van der Waals surface area contributed by atoms with Gasteiger partial charge in [-0.15, -0.1) is 11.8 Å². The van der Waals surface area contributed by atoms with E-state index in [1.165, 1.54) is 0 Å². The van der Waals surface area contributed by atoms with Gasteiger partial charge in [-0.2, -0.15) is 5.26 Å². The third-order valence-electron chi connectivity index (χ3n) is 2.42. The highest BCUT2D eigenvalue weighted by atomic mass is 32.2. The fourth-order valence-corrected chi connectivity index (χ4v) is 1.98. The lowest BCUT2D eigenvalue weighted by Crippen LogP contribution is -2.37. The van der Waals surface area contributed by atoms with Crippen molar-refractivity contribution in [3.8, 4) is 6.07 Å². The molecule has 0 aromatic carbocycles. The lowest BCUT2D eigenvalue weighted by Gasteiger charge is -2.19. The van der Waals surface area contributed by atoms with Gasteiger partial charge in [0.05, 0.1) is 11.1 Å². The van der Waals surface area contributed by atoms with Crippen molar-refractivity contribution in [1.82, 2.24) is 15.3 Å². The van der Waals surface area contributed by atoms with E-state index in [2.05, 4.69) is 21.4 Å². The van der Waals surface area contributed by atoms with Crippen LogP contribution in [0.25, 0.3) is 0 Å². The Morgan fingerprint density at radius 1 is 1.62 bits per heavy atom. The van der Waals surface area contributed by atoms with Crippen molar-refractivity contribution in [3.63, 3.8) is 0 Å². The second-order valence-electron chi connectivity index (χ2n) is 3.69. The molecule has 4 nitrogen and oxygen atoms in total. The molecule has 1 heterocycles. The van der Waals surface area contributed by atoms with Gasteiger partial charge in [0.15, 0.2) is 0 Å². The number of nitriles is 1. The van der Waals surface area contributed by atoms with Crippen LogP contribution in [0.2, 0.25) is 0 Å². The molecular weight excluding hydrogens is 220 g/mol. The molecule has 0 saturated carbocycles. The third-order valence-corrected chi connectivity index (χ3v) is 3.45. The average Bonchev–Trinajstić information content (AvgIpc) is 2.36. The number of hydrogen-bond acceptors (Lipinski definition) is 5. The Balaban J connectivity index is 2.25. The van der Waals surface area contributed by atoms with Crippen molar-refractivity contribution in [2.24, 2.45) is 0 Å². The zero-order valence-electron chi connectivity index (χ0n) is 9.60. The topological polar surface area (TPSA) is 61.6 Å². The normalized spacial score (nSPS) is 14.1. The predicted molar refractivity (Wildman–Crippen MR) is 65.1 cm³/mol. The molecule has 86 valence electrons. The smallest absolute Gasteiger partial charge is 0.116 e. The maximum atomic E-state index is 8.96. The molecule has 1 atom stereocenters. The first-order valence-corrected chi connectivity index (χ1v) is 6.18. The Kier molecular flexibility index (Phi) is 5.23. The van der Waals surface area contributed by atoms with E-state index in [0.29, 0.717) is 0 Å². The summed E-state index contributed by atoms with van der Waals surface area (Å²) < 4.78 is 0. The van der Waals surface area contributed by atoms with Crippen LogP contribution in [0.1, 0.15) is 19.8 Å². The summed E-state index contributed by atoms with van der Waals surface area (Å²) in [6.45, 7) is 1.92. The van der Waals surface area contributed by atoms with Gasteiger partial charge in [0, 0.05) is 6.20 Å². The number of rotatable bonds is 6. The summed E-state index contributed by atoms with van der Waals surface area (Å²) in [5, 5.41) is 13.0. The summed E-state index contributed by atoms with van der Waals surface area (Å²) in [7, 11) is 1.82. The summed E-state index contributed by atoms with van der Waals surface area (Å²) in [6.07, 6.45) is 5.12. The first-order valence-electron chi connectivity index (χ1n) is 5.19. The number of nitrogens with one attached hydrogen (secondary N) is 1. The van der Waals surface area contributed by atoms with Crippen LogP contribution in [0, 0.1) is 11.3 Å². The summed E-state index contributed by atoms with van der Waals surface area (Å²) in [5.41, 5.74) is -0.410. The first kappa shape index (κ1) is 12.9. The van der Waals surface area contributed by atoms with Crippen LogP contribution < -0.4 is 5.32 Å². The molecule has 1 aromatic rings. The summed E-state index contributed by atoms with van der Waals surface area (Å²) in [6, 6.07) is 4.18. The van der Waals surface area contributed by atoms with Crippen molar-refractivity contribution in [1.29, 1.82) is 5.26 Å². The highest BCUT2D eigenvalue weighted by Crippen LogP contribution is 2.18. The van der Waals surface area contributed by atoms with E-state index in [-0.39, 0.29) is 0 Å². The fourth-order valence-electron chi connectivity index (χ4n) is 1.20. The van der Waals surface area contributed by atoms with Gasteiger partial charge in [-0.3, -0.25) is 0 Å². The van der Waals surface area contributed by atoms with Crippen molar-refractivity contribution in [2.75, 3.05) is 12.8 Å². The highest BCUT2D eigenvalue weighted by molar-refractivity contribution is 7.99. The van der Waals surface area contributed by atoms with Crippen LogP contribution in [0.5, 0.6) is 0 Å². The van der Waals surface area contributed by atoms with Crippen LogP contribution >= 0.6 is 11.8 Å². The van der Waals surface area contributed by atoms with Gasteiger partial charge < -0.3 is 5.32 Å². The van der Waals surface area contributed by atoms with Gasteiger partial charge in [-0.05, 0) is 38.6 Å². The minimum Gasteiger partial charge on any atom is -0.303 e. The average molecular weight is 236 g/mol. The molecule has 5 heteroatoms. The second kappa shape index (κ2) is 6.46. The molecule has 0 radical (unpaired) electrons. The quantitative estimate of drug-likeness (QED) is 0.464. The molecular formula is C11H16N4S. The van der Waals surface area contributed by atoms with Gasteiger partial charge in [0.2, 0.25) is 0 Å². The zero-order chi connectivity index (χ0) is 11.9. The van der Waals surface area contributed by atoms with Gasteiger partial charge >= 0.3 is 0 Å². The molecule has 16 heavy (non-hydrogen) atoms. The maximum Gasteiger partial charge on any atom is 0.116 e. The Labute approximate surface area is 100 Å². The van der Waals surface area contributed by atoms with Crippen molar-refractivity contribution in [3.05, 3.63) is 18.6 Å². The van der Waals surface area contributed by atoms with Gasteiger partial charge in [0.1, 0.15) is 11.9 Å². The molecule has 0 aliphatic rings. The molecule has 0 fully saturated rings. The molecule has 0 saturated heterocycles. The van der Waals surface area contributed by atoms with E-state index in [9.17, 15) is 0 Å². The number of aromatic nitrogens is 2. The van der Waals surface area contributed by atoms with Crippen LogP contribution in [-0.2, 0) is 0 Å². The van der Waals surface area contributed by atoms with Crippen LogP contribution in [-0.4, -0.2) is 28.3 Å².